The average molecular weight is 189 g/mol. The van der Waals surface area contributed by atoms with Gasteiger partial charge in [0.25, 0.3) is 0 Å². The molecule has 1 saturated carbocycles. The highest BCUT2D eigenvalue weighted by Gasteiger charge is 2.41. The van der Waals surface area contributed by atoms with E-state index in [0.29, 0.717) is 0 Å². The molecule has 0 aromatic heterocycles. The van der Waals surface area contributed by atoms with Gasteiger partial charge in [0.05, 0.1) is 11.8 Å². The first-order valence-electron chi connectivity index (χ1n) is 4.67. The molecule has 0 heterocycles. The second kappa shape index (κ2) is 3.72. The van der Waals surface area contributed by atoms with E-state index in [1.807, 2.05) is 0 Å². The fraction of sp³-hybridized carbons (Fsp3) is 0.750. The van der Waals surface area contributed by atoms with Gasteiger partial charge in [-0.15, -0.1) is 0 Å². The van der Waals surface area contributed by atoms with Crippen LogP contribution >= 0.6 is 0 Å². The normalized spacial score (nSPS) is 33.7. The van der Waals surface area contributed by atoms with Crippen molar-refractivity contribution in [2.45, 2.75) is 19.0 Å². The van der Waals surface area contributed by atoms with Gasteiger partial charge in [0.2, 0.25) is 11.8 Å². The minimum Gasteiger partial charge on any atom is -0.369 e. The molecule has 1 fully saturated rings. The maximum Gasteiger partial charge on any atom is 0.223 e. The van der Waals surface area contributed by atoms with E-state index in [2.05, 4.69) is 5.32 Å². The third kappa shape index (κ3) is 1.96. The number of primary amides is 1. The summed E-state index contributed by atoms with van der Waals surface area (Å²) in [6.45, 7) is 0. The third-order valence-electron chi connectivity index (χ3n) is 2.43. The summed E-state index contributed by atoms with van der Waals surface area (Å²) in [4.78, 5) is 22.4. The van der Waals surface area contributed by atoms with Crippen molar-refractivity contribution in [1.82, 2.24) is 5.32 Å². The number of carbonyl (C=O) groups is 2. The van der Waals surface area contributed by atoms with Crippen LogP contribution in [0.15, 0.2) is 0 Å². The molecule has 0 bridgehead atoms. The first kappa shape index (κ1) is 8.47. The fourth-order valence-electron chi connectivity index (χ4n) is 1.74. The average Bonchev–Trinajstić information content (AvgIpc) is 2.58. The molecule has 5 heteroatoms. The minimum atomic E-state index is -1.13. The maximum absolute atomic E-state index is 13.0. The van der Waals surface area contributed by atoms with Crippen LogP contribution in [0, 0.1) is 11.8 Å². The monoisotopic (exact) mass is 189 g/mol. The molecule has 0 aromatic rings. The van der Waals surface area contributed by atoms with Crippen LogP contribution < -0.4 is 11.0 Å². The molecule has 0 saturated heterocycles. The van der Waals surface area contributed by atoms with Crippen LogP contribution in [0.5, 0.6) is 0 Å². The molecule has 4 nitrogen and oxygen atoms in total. The number of amides is 2. The number of hydrogen-bond donors (Lipinski definition) is 2. The number of rotatable bonds is 2. The molecular weight excluding hydrogens is 175 g/mol. The van der Waals surface area contributed by atoms with Crippen molar-refractivity contribution >= 4 is 11.8 Å². The Morgan fingerprint density at radius 1 is 1.54 bits per heavy atom. The van der Waals surface area contributed by atoms with Gasteiger partial charge < -0.3 is 11.0 Å². The topological polar surface area (TPSA) is 72.2 Å². The van der Waals surface area contributed by atoms with Crippen molar-refractivity contribution in [3.8, 4) is 0 Å². The summed E-state index contributed by atoms with van der Waals surface area (Å²) in [6.07, 6.45) is -1.03. The summed E-state index contributed by atoms with van der Waals surface area (Å²) in [5.41, 5.74) is 1.70. The SMILES string of the molecule is [2H]NC(=O)[C@H]1C[C@H](F)C[C@@H]1C(=O)NC. The summed E-state index contributed by atoms with van der Waals surface area (Å²) < 4.78 is 19.7. The van der Waals surface area contributed by atoms with E-state index >= 15 is 0 Å². The maximum atomic E-state index is 13.0. The summed E-state index contributed by atoms with van der Waals surface area (Å²) in [5.74, 6) is -2.26. The number of alkyl halides is 1. The predicted molar refractivity (Wildman–Crippen MR) is 44.4 cm³/mol. The molecule has 3 N–H and O–H groups in total. The van der Waals surface area contributed by atoms with Gasteiger partial charge in [-0.2, -0.15) is 0 Å². The summed E-state index contributed by atoms with van der Waals surface area (Å²) in [5, 5.41) is 2.39. The smallest absolute Gasteiger partial charge is 0.223 e. The van der Waals surface area contributed by atoms with Crippen molar-refractivity contribution in [2.24, 2.45) is 17.6 Å². The zero-order chi connectivity index (χ0) is 10.7. The highest BCUT2D eigenvalue weighted by atomic mass is 19.1. The van der Waals surface area contributed by atoms with Gasteiger partial charge in [0, 0.05) is 7.05 Å². The van der Waals surface area contributed by atoms with Crippen molar-refractivity contribution in [3.05, 3.63) is 0 Å². The van der Waals surface area contributed by atoms with E-state index in [1.54, 1.807) is 5.73 Å². The first-order chi connectivity index (χ1) is 6.60. The van der Waals surface area contributed by atoms with Gasteiger partial charge in [0.1, 0.15) is 6.17 Å². The second-order valence-corrected chi connectivity index (χ2v) is 3.26. The molecular formula is C8H13FN2O2. The summed E-state index contributed by atoms with van der Waals surface area (Å²) in [7, 11) is 1.45. The lowest BCUT2D eigenvalue weighted by Crippen LogP contribution is -2.35. The Hall–Kier alpha value is -1.13. The van der Waals surface area contributed by atoms with Gasteiger partial charge in [-0.3, -0.25) is 9.59 Å². The molecule has 1 aliphatic rings. The highest BCUT2D eigenvalue weighted by Crippen LogP contribution is 2.33. The zero-order valence-corrected chi connectivity index (χ0v) is 7.34. The molecule has 0 unspecified atom stereocenters. The molecule has 0 spiro atoms. The first-order valence-corrected chi connectivity index (χ1v) is 4.17. The zero-order valence-electron chi connectivity index (χ0n) is 8.34. The fourth-order valence-corrected chi connectivity index (χ4v) is 1.74. The number of nitrogens with two attached hydrogens (primary N) is 1. The molecule has 1 rings (SSSR count). The molecule has 0 aliphatic heterocycles. The van der Waals surface area contributed by atoms with Crippen LogP contribution in [-0.2, 0) is 9.59 Å². The molecule has 0 radical (unpaired) electrons. The Balaban J connectivity index is 2.72. The van der Waals surface area contributed by atoms with Crippen molar-refractivity contribution in [1.29, 1.82) is 0 Å². The van der Waals surface area contributed by atoms with Gasteiger partial charge in [-0.25, -0.2) is 4.39 Å². The van der Waals surface area contributed by atoms with Crippen LogP contribution in [0.1, 0.15) is 12.8 Å². The molecule has 3 atom stereocenters. The minimum absolute atomic E-state index is 0.0306. The number of hydrogen-bond acceptors (Lipinski definition) is 2. The lowest BCUT2D eigenvalue weighted by molar-refractivity contribution is -0.131. The largest absolute Gasteiger partial charge is 0.369 e. The van der Waals surface area contributed by atoms with Gasteiger partial charge in [-0.05, 0) is 12.8 Å². The number of carbonyl (C=O) groups excluding carboxylic acids is 2. The molecule has 13 heavy (non-hydrogen) atoms. The van der Waals surface area contributed by atoms with E-state index in [4.69, 9.17) is 1.41 Å². The second-order valence-electron chi connectivity index (χ2n) is 3.26. The number of halogens is 1. The van der Waals surface area contributed by atoms with E-state index in [1.165, 1.54) is 7.05 Å². The van der Waals surface area contributed by atoms with Crippen LogP contribution in [0.3, 0.4) is 0 Å². The Labute approximate surface area is 77.1 Å². The summed E-state index contributed by atoms with van der Waals surface area (Å²) >= 11 is 0. The van der Waals surface area contributed by atoms with E-state index in [0.717, 1.165) is 0 Å². The molecule has 74 valence electrons. The van der Waals surface area contributed by atoms with E-state index in [-0.39, 0.29) is 18.7 Å². The van der Waals surface area contributed by atoms with Crippen LogP contribution in [-0.4, -0.2) is 25.0 Å². The number of nitrogens with one attached hydrogen (secondary N) is 1. The Kier molecular flexibility index (Phi) is 2.42. The molecule has 1 aliphatic carbocycles. The summed E-state index contributed by atoms with van der Waals surface area (Å²) in [6, 6.07) is 0. The van der Waals surface area contributed by atoms with Crippen LogP contribution in [0.2, 0.25) is 1.41 Å². The van der Waals surface area contributed by atoms with Crippen molar-refractivity contribution in [3.63, 3.8) is 0 Å². The van der Waals surface area contributed by atoms with Gasteiger partial charge in [-0.1, -0.05) is 0 Å². The molecule has 2 amide bonds. The Morgan fingerprint density at radius 2 is 2.15 bits per heavy atom. The van der Waals surface area contributed by atoms with Crippen molar-refractivity contribution in [2.75, 3.05) is 7.05 Å². The van der Waals surface area contributed by atoms with Crippen LogP contribution in [0.25, 0.3) is 0 Å². The van der Waals surface area contributed by atoms with Crippen molar-refractivity contribution < 1.29 is 15.4 Å². The highest BCUT2D eigenvalue weighted by molar-refractivity contribution is 5.87. The standard InChI is InChI=1S/C8H13FN2O2/c1-11-8(13)6-3-4(9)2-5(6)7(10)12/h4-6H,2-3H2,1H3,(H2,10,12)(H,11,13)/t4-,5-,6-/m0/s1/i/hD. The predicted octanol–water partition coefficient (Wildman–Crippen LogP) is -0.418. The van der Waals surface area contributed by atoms with Gasteiger partial charge in [0.15, 0.2) is 1.41 Å². The lowest BCUT2D eigenvalue weighted by atomic mass is 9.95. The lowest BCUT2D eigenvalue weighted by Gasteiger charge is -2.13. The Morgan fingerprint density at radius 3 is 2.69 bits per heavy atom. The van der Waals surface area contributed by atoms with Crippen LogP contribution in [0.4, 0.5) is 4.39 Å². The molecule has 0 aromatic carbocycles. The van der Waals surface area contributed by atoms with E-state index < -0.39 is 23.9 Å². The third-order valence-corrected chi connectivity index (χ3v) is 2.43. The Bertz CT molecular complexity index is 225. The van der Waals surface area contributed by atoms with Gasteiger partial charge >= 0.3 is 0 Å². The van der Waals surface area contributed by atoms with E-state index in [9.17, 15) is 14.0 Å². The quantitative estimate of drug-likeness (QED) is 0.619.